The number of rotatable bonds is 4. The predicted octanol–water partition coefficient (Wildman–Crippen LogP) is 1.77. The Kier molecular flexibility index (Phi) is 5.75. The Balaban J connectivity index is 0.00000176. The molecule has 3 rings (SSSR count). The maximum absolute atomic E-state index is 12.6. The van der Waals surface area contributed by atoms with Crippen molar-refractivity contribution in [2.45, 2.75) is 69.6 Å². The molecule has 0 aromatic heterocycles. The molecule has 3 N–H and O–H groups in total. The first-order valence-electron chi connectivity index (χ1n) is 8.40. The van der Waals surface area contributed by atoms with Crippen molar-refractivity contribution in [1.82, 2.24) is 5.32 Å². The van der Waals surface area contributed by atoms with E-state index in [1.807, 2.05) is 6.92 Å². The Morgan fingerprint density at radius 1 is 1.27 bits per heavy atom. The van der Waals surface area contributed by atoms with E-state index in [4.69, 9.17) is 15.2 Å². The SMILES string of the molecule is CCOC1CC(NC(=O)C2(N)CCOCC2)C12CCCC2.Cl. The fraction of sp³-hybridized carbons (Fsp3) is 0.938. The van der Waals surface area contributed by atoms with Gasteiger partial charge >= 0.3 is 0 Å². The summed E-state index contributed by atoms with van der Waals surface area (Å²) in [6.07, 6.45) is 7.33. The summed E-state index contributed by atoms with van der Waals surface area (Å²) < 4.78 is 11.2. The van der Waals surface area contributed by atoms with Crippen molar-refractivity contribution in [2.75, 3.05) is 19.8 Å². The quantitative estimate of drug-likeness (QED) is 0.823. The highest BCUT2D eigenvalue weighted by molar-refractivity contribution is 5.86. The lowest BCUT2D eigenvalue weighted by atomic mass is 9.60. The van der Waals surface area contributed by atoms with Crippen LogP contribution in [0, 0.1) is 5.41 Å². The average molecular weight is 333 g/mol. The lowest BCUT2D eigenvalue weighted by Gasteiger charge is -2.54. The highest BCUT2D eigenvalue weighted by atomic mass is 35.5. The number of amides is 1. The second-order valence-corrected chi connectivity index (χ2v) is 6.91. The van der Waals surface area contributed by atoms with E-state index in [-0.39, 0.29) is 29.8 Å². The Morgan fingerprint density at radius 3 is 2.50 bits per heavy atom. The molecular formula is C16H29ClN2O3. The van der Waals surface area contributed by atoms with Crippen LogP contribution in [0.4, 0.5) is 0 Å². The Hall–Kier alpha value is -0.360. The summed E-state index contributed by atoms with van der Waals surface area (Å²) in [6, 6.07) is 0.243. The first-order chi connectivity index (χ1) is 10.1. The fourth-order valence-electron chi connectivity index (χ4n) is 4.35. The van der Waals surface area contributed by atoms with Gasteiger partial charge in [-0.2, -0.15) is 0 Å². The highest BCUT2D eigenvalue weighted by Crippen LogP contribution is 2.54. The summed E-state index contributed by atoms with van der Waals surface area (Å²) in [5.41, 5.74) is 5.72. The number of nitrogens with one attached hydrogen (secondary N) is 1. The Morgan fingerprint density at radius 2 is 1.91 bits per heavy atom. The monoisotopic (exact) mass is 332 g/mol. The molecule has 6 heteroatoms. The number of carbonyl (C=O) groups is 1. The summed E-state index contributed by atoms with van der Waals surface area (Å²) >= 11 is 0. The van der Waals surface area contributed by atoms with Gasteiger partial charge in [-0.15, -0.1) is 12.4 Å². The minimum atomic E-state index is -0.741. The van der Waals surface area contributed by atoms with E-state index in [1.54, 1.807) is 0 Å². The molecule has 2 atom stereocenters. The molecule has 128 valence electrons. The zero-order valence-corrected chi connectivity index (χ0v) is 14.3. The van der Waals surface area contributed by atoms with E-state index < -0.39 is 5.54 Å². The standard InChI is InChI=1S/C16H28N2O3.ClH/c1-2-21-13-11-12(15(13)5-3-4-6-15)18-14(19)16(17)7-9-20-10-8-16;/h12-13H,2-11,17H2,1H3,(H,18,19);1H. The summed E-state index contributed by atoms with van der Waals surface area (Å²) in [4.78, 5) is 12.6. The van der Waals surface area contributed by atoms with Crippen molar-refractivity contribution in [2.24, 2.45) is 11.1 Å². The zero-order chi connectivity index (χ0) is 14.9. The third-order valence-corrected chi connectivity index (χ3v) is 5.83. The summed E-state index contributed by atoms with van der Waals surface area (Å²) in [7, 11) is 0. The van der Waals surface area contributed by atoms with Crippen LogP contribution in [0.3, 0.4) is 0 Å². The average Bonchev–Trinajstić information content (AvgIpc) is 2.99. The van der Waals surface area contributed by atoms with Crippen LogP contribution in [-0.4, -0.2) is 43.4 Å². The smallest absolute Gasteiger partial charge is 0.240 e. The molecule has 0 aromatic carbocycles. The van der Waals surface area contributed by atoms with Crippen molar-refractivity contribution in [3.8, 4) is 0 Å². The van der Waals surface area contributed by atoms with E-state index >= 15 is 0 Å². The number of hydrogen-bond donors (Lipinski definition) is 2. The molecule has 2 aliphatic carbocycles. The van der Waals surface area contributed by atoms with Gasteiger partial charge in [-0.25, -0.2) is 0 Å². The van der Waals surface area contributed by atoms with Gasteiger partial charge in [-0.1, -0.05) is 12.8 Å². The van der Waals surface area contributed by atoms with Crippen molar-refractivity contribution in [3.63, 3.8) is 0 Å². The van der Waals surface area contributed by atoms with Gasteiger partial charge in [0.15, 0.2) is 0 Å². The van der Waals surface area contributed by atoms with Crippen LogP contribution in [0.25, 0.3) is 0 Å². The van der Waals surface area contributed by atoms with Crippen molar-refractivity contribution < 1.29 is 14.3 Å². The molecular weight excluding hydrogens is 304 g/mol. The number of ether oxygens (including phenoxy) is 2. The van der Waals surface area contributed by atoms with Crippen molar-refractivity contribution >= 4 is 18.3 Å². The van der Waals surface area contributed by atoms with E-state index in [9.17, 15) is 4.79 Å². The second kappa shape index (κ2) is 7.04. The maximum Gasteiger partial charge on any atom is 0.240 e. The fourth-order valence-corrected chi connectivity index (χ4v) is 4.35. The van der Waals surface area contributed by atoms with E-state index in [1.165, 1.54) is 25.7 Å². The van der Waals surface area contributed by atoms with Gasteiger partial charge in [-0.3, -0.25) is 4.79 Å². The molecule has 0 aromatic rings. The van der Waals surface area contributed by atoms with Crippen LogP contribution in [0.5, 0.6) is 0 Å². The van der Waals surface area contributed by atoms with Crippen LogP contribution in [-0.2, 0) is 14.3 Å². The number of carbonyl (C=O) groups excluding carboxylic acids is 1. The molecule has 22 heavy (non-hydrogen) atoms. The molecule has 1 spiro atoms. The molecule has 2 unspecified atom stereocenters. The summed E-state index contributed by atoms with van der Waals surface area (Å²) in [6.45, 7) is 3.97. The molecule has 1 heterocycles. The maximum atomic E-state index is 12.6. The van der Waals surface area contributed by atoms with Gasteiger partial charge in [-0.05, 0) is 39.0 Å². The lowest BCUT2D eigenvalue weighted by molar-refractivity contribution is -0.149. The van der Waals surface area contributed by atoms with E-state index in [0.29, 0.717) is 32.2 Å². The van der Waals surface area contributed by atoms with Crippen molar-refractivity contribution in [3.05, 3.63) is 0 Å². The van der Waals surface area contributed by atoms with Gasteiger partial charge in [0, 0.05) is 31.3 Å². The molecule has 0 radical (unpaired) electrons. The molecule has 1 saturated heterocycles. The highest BCUT2D eigenvalue weighted by Gasteiger charge is 2.57. The predicted molar refractivity (Wildman–Crippen MR) is 87.1 cm³/mol. The van der Waals surface area contributed by atoms with E-state index in [0.717, 1.165) is 13.0 Å². The summed E-state index contributed by atoms with van der Waals surface area (Å²) in [5.74, 6) is 0.0111. The molecule has 1 amide bonds. The van der Waals surface area contributed by atoms with E-state index in [2.05, 4.69) is 5.32 Å². The second-order valence-electron chi connectivity index (χ2n) is 6.91. The molecule has 2 saturated carbocycles. The van der Waals surface area contributed by atoms with Gasteiger partial charge in [0.25, 0.3) is 0 Å². The van der Waals surface area contributed by atoms with Crippen molar-refractivity contribution in [1.29, 1.82) is 0 Å². The van der Waals surface area contributed by atoms with Gasteiger partial charge in [0.05, 0.1) is 11.6 Å². The van der Waals surface area contributed by atoms with Crippen LogP contribution in [0.1, 0.15) is 51.9 Å². The zero-order valence-electron chi connectivity index (χ0n) is 13.4. The molecule has 0 bridgehead atoms. The topological polar surface area (TPSA) is 73.6 Å². The third-order valence-electron chi connectivity index (χ3n) is 5.83. The normalized spacial score (nSPS) is 32.1. The van der Waals surface area contributed by atoms with Gasteiger partial charge in [0.2, 0.25) is 5.91 Å². The molecule has 5 nitrogen and oxygen atoms in total. The Bertz CT molecular complexity index is 393. The van der Waals surface area contributed by atoms with Crippen LogP contribution < -0.4 is 11.1 Å². The van der Waals surface area contributed by atoms with Crippen LogP contribution in [0.2, 0.25) is 0 Å². The number of hydrogen-bond acceptors (Lipinski definition) is 4. The first kappa shape index (κ1) is 18.0. The number of halogens is 1. The minimum absolute atomic E-state index is 0. The third kappa shape index (κ3) is 3.01. The largest absolute Gasteiger partial charge is 0.381 e. The lowest BCUT2D eigenvalue weighted by Crippen LogP contribution is -2.68. The van der Waals surface area contributed by atoms with Crippen LogP contribution >= 0.6 is 12.4 Å². The molecule has 1 aliphatic heterocycles. The van der Waals surface area contributed by atoms with Gasteiger partial charge < -0.3 is 20.5 Å². The first-order valence-corrected chi connectivity index (χ1v) is 8.40. The Labute approximate surface area is 139 Å². The minimum Gasteiger partial charge on any atom is -0.381 e. The van der Waals surface area contributed by atoms with Gasteiger partial charge in [0.1, 0.15) is 0 Å². The summed E-state index contributed by atoms with van der Waals surface area (Å²) in [5, 5.41) is 3.25. The van der Waals surface area contributed by atoms with Crippen LogP contribution in [0.15, 0.2) is 0 Å². The molecule has 3 aliphatic rings. The number of nitrogens with two attached hydrogens (primary N) is 1. The molecule has 3 fully saturated rings.